The molecule has 3 aromatic rings. The molecule has 3 heterocycles. The van der Waals surface area contributed by atoms with Gasteiger partial charge < -0.3 is 5.32 Å². The molecule has 0 aliphatic carbocycles. The number of carbonyl (C=O) groups is 1. The largest absolute Gasteiger partial charge is 0.346 e. The third-order valence-electron chi connectivity index (χ3n) is 3.29. The summed E-state index contributed by atoms with van der Waals surface area (Å²) in [5.41, 5.74) is 2.97. The lowest BCUT2D eigenvalue weighted by atomic mass is 10.2. The average Bonchev–Trinajstić information content (AvgIpc) is 3.01. The van der Waals surface area contributed by atoms with Crippen LogP contribution in [0.1, 0.15) is 21.7 Å². The first-order chi connectivity index (χ1) is 10.0. The minimum Gasteiger partial charge on any atom is -0.346 e. The Morgan fingerprint density at radius 1 is 1.43 bits per heavy atom. The van der Waals surface area contributed by atoms with E-state index in [9.17, 15) is 4.79 Å². The van der Waals surface area contributed by atoms with Crippen molar-refractivity contribution >= 4 is 27.5 Å². The molecular weight excluding hydrogens is 336 g/mol. The molecular formula is C13H13BrN6O. The van der Waals surface area contributed by atoms with Gasteiger partial charge in [0.25, 0.3) is 5.91 Å². The number of amides is 1. The van der Waals surface area contributed by atoms with Gasteiger partial charge >= 0.3 is 0 Å². The summed E-state index contributed by atoms with van der Waals surface area (Å²) in [5, 5.41) is 11.2. The van der Waals surface area contributed by atoms with Crippen molar-refractivity contribution in [1.82, 2.24) is 29.7 Å². The molecule has 3 aromatic heterocycles. The second-order valence-corrected chi connectivity index (χ2v) is 5.58. The predicted octanol–water partition coefficient (Wildman–Crippen LogP) is 1.46. The molecule has 0 aliphatic rings. The van der Waals surface area contributed by atoms with E-state index in [-0.39, 0.29) is 5.91 Å². The van der Waals surface area contributed by atoms with Gasteiger partial charge in [-0.1, -0.05) is 0 Å². The number of rotatable bonds is 3. The quantitative estimate of drug-likeness (QED) is 0.777. The summed E-state index contributed by atoms with van der Waals surface area (Å²) in [5.74, 6) is -0.236. The zero-order valence-electron chi connectivity index (χ0n) is 11.5. The third kappa shape index (κ3) is 2.66. The van der Waals surface area contributed by atoms with Gasteiger partial charge in [0.05, 0.1) is 10.7 Å². The van der Waals surface area contributed by atoms with Crippen molar-refractivity contribution in [2.45, 2.75) is 13.5 Å². The number of aromatic nitrogens is 5. The maximum absolute atomic E-state index is 12.1. The average molecular weight is 349 g/mol. The second-order valence-electron chi connectivity index (χ2n) is 4.67. The zero-order valence-corrected chi connectivity index (χ0v) is 13.1. The summed E-state index contributed by atoms with van der Waals surface area (Å²) < 4.78 is 4.14. The Labute approximate surface area is 129 Å². The standard InChI is InChI=1S/C13H13BrN6O/c1-8-9(5-17-19(8)2)4-16-13(21)11-3-12-15-6-10(14)7-20(12)18-11/h3,5-7H,4H2,1-2H3,(H,16,21). The Morgan fingerprint density at radius 2 is 2.24 bits per heavy atom. The molecule has 1 amide bonds. The Morgan fingerprint density at radius 3 is 2.95 bits per heavy atom. The lowest BCUT2D eigenvalue weighted by Gasteiger charge is -2.02. The lowest BCUT2D eigenvalue weighted by molar-refractivity contribution is 0.0945. The number of hydrogen-bond donors (Lipinski definition) is 1. The van der Waals surface area contributed by atoms with Crippen LogP contribution in [-0.2, 0) is 13.6 Å². The van der Waals surface area contributed by atoms with E-state index < -0.39 is 0 Å². The van der Waals surface area contributed by atoms with Crippen LogP contribution in [0.5, 0.6) is 0 Å². The highest BCUT2D eigenvalue weighted by Gasteiger charge is 2.12. The van der Waals surface area contributed by atoms with Crippen LogP contribution in [0.4, 0.5) is 0 Å². The first kappa shape index (κ1) is 13.7. The molecule has 0 saturated heterocycles. The Hall–Kier alpha value is -2.22. The van der Waals surface area contributed by atoms with Crippen molar-refractivity contribution in [1.29, 1.82) is 0 Å². The molecule has 0 saturated carbocycles. The minimum absolute atomic E-state index is 0.236. The summed E-state index contributed by atoms with van der Waals surface area (Å²) in [6, 6.07) is 1.65. The molecule has 8 heteroatoms. The fourth-order valence-electron chi connectivity index (χ4n) is 1.95. The van der Waals surface area contributed by atoms with Crippen molar-refractivity contribution < 1.29 is 4.79 Å². The predicted molar refractivity (Wildman–Crippen MR) is 79.8 cm³/mol. The highest BCUT2D eigenvalue weighted by Crippen LogP contribution is 2.10. The minimum atomic E-state index is -0.236. The van der Waals surface area contributed by atoms with Gasteiger partial charge in [0.2, 0.25) is 0 Å². The molecule has 3 rings (SSSR count). The van der Waals surface area contributed by atoms with Crippen molar-refractivity contribution in [3.63, 3.8) is 0 Å². The summed E-state index contributed by atoms with van der Waals surface area (Å²) >= 11 is 3.32. The first-order valence-electron chi connectivity index (χ1n) is 6.31. The number of nitrogens with zero attached hydrogens (tertiary/aromatic N) is 5. The normalized spacial score (nSPS) is 11.0. The molecule has 7 nitrogen and oxygen atoms in total. The van der Waals surface area contributed by atoms with Crippen molar-refractivity contribution in [3.8, 4) is 0 Å². The number of carbonyl (C=O) groups excluding carboxylic acids is 1. The zero-order chi connectivity index (χ0) is 15.0. The fraction of sp³-hybridized carbons (Fsp3) is 0.231. The smallest absolute Gasteiger partial charge is 0.272 e. The van der Waals surface area contributed by atoms with E-state index >= 15 is 0 Å². The molecule has 1 N–H and O–H groups in total. The van der Waals surface area contributed by atoms with Crippen molar-refractivity contribution in [2.24, 2.45) is 7.05 Å². The van der Waals surface area contributed by atoms with E-state index in [2.05, 4.69) is 36.4 Å². The summed E-state index contributed by atoms with van der Waals surface area (Å²) in [6.07, 6.45) is 5.17. The van der Waals surface area contributed by atoms with Gasteiger partial charge in [-0.05, 0) is 22.9 Å². The topological polar surface area (TPSA) is 77.1 Å². The molecule has 0 fully saturated rings. The van der Waals surface area contributed by atoms with E-state index in [1.54, 1.807) is 33.9 Å². The molecule has 0 unspecified atom stereocenters. The number of halogens is 1. The maximum atomic E-state index is 12.1. The number of fused-ring (bicyclic) bond motifs is 1. The van der Waals surface area contributed by atoms with Gasteiger partial charge in [0.15, 0.2) is 11.3 Å². The van der Waals surface area contributed by atoms with E-state index in [1.807, 2.05) is 14.0 Å². The first-order valence-corrected chi connectivity index (χ1v) is 7.10. The van der Waals surface area contributed by atoms with Crippen LogP contribution in [0.25, 0.3) is 5.65 Å². The van der Waals surface area contributed by atoms with Gasteiger partial charge in [-0.2, -0.15) is 10.2 Å². The maximum Gasteiger partial charge on any atom is 0.272 e. The molecule has 108 valence electrons. The number of hydrogen-bond acceptors (Lipinski definition) is 4. The molecule has 21 heavy (non-hydrogen) atoms. The SMILES string of the molecule is Cc1c(CNC(=O)c2cc3ncc(Br)cn3n2)cnn1C. The van der Waals surface area contributed by atoms with Gasteiger partial charge in [-0.3, -0.25) is 9.48 Å². The van der Waals surface area contributed by atoms with E-state index in [1.165, 1.54) is 0 Å². The van der Waals surface area contributed by atoms with E-state index in [0.29, 0.717) is 17.9 Å². The number of aryl methyl sites for hydroxylation is 1. The van der Waals surface area contributed by atoms with Gasteiger partial charge in [-0.25, -0.2) is 9.50 Å². The van der Waals surface area contributed by atoms with Crippen LogP contribution in [-0.4, -0.2) is 30.3 Å². The highest BCUT2D eigenvalue weighted by molar-refractivity contribution is 9.10. The molecule has 0 aromatic carbocycles. The molecule has 0 spiro atoms. The van der Waals surface area contributed by atoms with Gasteiger partial charge in [0.1, 0.15) is 0 Å². The van der Waals surface area contributed by atoms with Gasteiger partial charge in [0, 0.05) is 43.3 Å². The van der Waals surface area contributed by atoms with E-state index in [4.69, 9.17) is 0 Å². The second kappa shape index (κ2) is 5.28. The summed E-state index contributed by atoms with van der Waals surface area (Å²) in [7, 11) is 1.87. The summed E-state index contributed by atoms with van der Waals surface area (Å²) in [6.45, 7) is 2.38. The third-order valence-corrected chi connectivity index (χ3v) is 3.70. The Balaban J connectivity index is 1.76. The van der Waals surface area contributed by atoms with E-state index in [0.717, 1.165) is 15.7 Å². The number of nitrogens with one attached hydrogen (secondary N) is 1. The summed E-state index contributed by atoms with van der Waals surface area (Å²) in [4.78, 5) is 16.3. The van der Waals surface area contributed by atoms with Crippen LogP contribution in [0.15, 0.2) is 29.1 Å². The molecule has 0 aliphatic heterocycles. The van der Waals surface area contributed by atoms with Crippen LogP contribution < -0.4 is 5.32 Å². The molecule has 0 atom stereocenters. The van der Waals surface area contributed by atoms with Crippen LogP contribution in [0, 0.1) is 6.92 Å². The van der Waals surface area contributed by atoms with Crippen LogP contribution in [0.3, 0.4) is 0 Å². The Bertz CT molecular complexity index is 821. The monoisotopic (exact) mass is 348 g/mol. The Kier molecular flexibility index (Phi) is 3.46. The fourth-order valence-corrected chi connectivity index (χ4v) is 2.25. The molecule has 0 radical (unpaired) electrons. The van der Waals surface area contributed by atoms with Crippen molar-refractivity contribution in [3.05, 3.63) is 46.1 Å². The van der Waals surface area contributed by atoms with Crippen molar-refractivity contribution in [2.75, 3.05) is 0 Å². The molecule has 0 bridgehead atoms. The highest BCUT2D eigenvalue weighted by atomic mass is 79.9. The lowest BCUT2D eigenvalue weighted by Crippen LogP contribution is -2.23. The van der Waals surface area contributed by atoms with Crippen LogP contribution >= 0.6 is 15.9 Å². The van der Waals surface area contributed by atoms with Gasteiger partial charge in [-0.15, -0.1) is 0 Å². The van der Waals surface area contributed by atoms with Crippen LogP contribution in [0.2, 0.25) is 0 Å².